The summed E-state index contributed by atoms with van der Waals surface area (Å²) in [6.45, 7) is 1.95. The normalized spacial score (nSPS) is 11.6. The largest absolute Gasteiger partial charge is 0.450 e. The number of nitro groups is 1. The van der Waals surface area contributed by atoms with Crippen LogP contribution in [0, 0.1) is 10.1 Å². The van der Waals surface area contributed by atoms with Crippen molar-refractivity contribution in [1.82, 2.24) is 0 Å². The van der Waals surface area contributed by atoms with Crippen LogP contribution in [0.1, 0.15) is 37.9 Å². The Morgan fingerprint density at radius 3 is 2.53 bits per heavy atom. The number of unbranched alkanes of at least 4 members (excludes halogenated alkanes) is 1. The Hall–Kier alpha value is -2.24. The van der Waals surface area contributed by atoms with Crippen LogP contribution in [0.3, 0.4) is 0 Å². The molecule has 0 aliphatic carbocycles. The highest BCUT2D eigenvalue weighted by molar-refractivity contribution is 5.73. The van der Waals surface area contributed by atoms with Crippen LogP contribution in [0.5, 0.6) is 0 Å². The lowest BCUT2D eigenvalue weighted by atomic mass is 10.1. The summed E-state index contributed by atoms with van der Waals surface area (Å²) >= 11 is 0. The molecule has 19 heavy (non-hydrogen) atoms. The third-order valence-electron chi connectivity index (χ3n) is 2.55. The Labute approximate surface area is 110 Å². The molecule has 0 radical (unpaired) electrons. The molecule has 1 rings (SSSR count). The summed E-state index contributed by atoms with van der Waals surface area (Å²) in [6.07, 6.45) is 1.31. The Morgan fingerprint density at radius 1 is 1.42 bits per heavy atom. The quantitative estimate of drug-likeness (QED) is 0.327. The van der Waals surface area contributed by atoms with Gasteiger partial charge < -0.3 is 4.74 Å². The van der Waals surface area contributed by atoms with Crippen LogP contribution in [-0.4, -0.2) is 17.2 Å². The number of hydrogen-bond acceptors (Lipinski definition) is 5. The minimum absolute atomic E-state index is 0.0780. The van der Waals surface area contributed by atoms with Crippen molar-refractivity contribution in [2.24, 2.45) is 0 Å². The van der Waals surface area contributed by atoms with Gasteiger partial charge >= 0.3 is 5.97 Å². The number of hydrogen-bond donors (Lipinski definition) is 0. The van der Waals surface area contributed by atoms with Crippen LogP contribution < -0.4 is 0 Å². The molecular formula is C13H15NO5. The molecule has 0 saturated carbocycles. The zero-order valence-corrected chi connectivity index (χ0v) is 10.6. The molecule has 6 nitrogen and oxygen atoms in total. The third kappa shape index (κ3) is 4.50. The highest BCUT2D eigenvalue weighted by atomic mass is 16.6. The summed E-state index contributed by atoms with van der Waals surface area (Å²) in [5, 5.41) is 10.5. The van der Waals surface area contributed by atoms with Crippen LogP contribution >= 0.6 is 0 Å². The first-order valence-electron chi connectivity index (χ1n) is 5.97. The molecule has 1 aromatic rings. The maximum absolute atomic E-state index is 11.4. The van der Waals surface area contributed by atoms with E-state index in [9.17, 15) is 19.7 Å². The van der Waals surface area contributed by atoms with E-state index in [4.69, 9.17) is 4.74 Å². The van der Waals surface area contributed by atoms with Crippen molar-refractivity contribution in [1.29, 1.82) is 0 Å². The van der Waals surface area contributed by atoms with Gasteiger partial charge in [0.2, 0.25) is 0 Å². The first-order chi connectivity index (χ1) is 9.08. The Bertz CT molecular complexity index is 455. The molecule has 0 N–H and O–H groups in total. The lowest BCUT2D eigenvalue weighted by molar-refractivity contribution is -0.384. The molecule has 6 heteroatoms. The van der Waals surface area contributed by atoms with Gasteiger partial charge in [0.15, 0.2) is 12.4 Å². The molecule has 102 valence electrons. The molecule has 1 atom stereocenters. The van der Waals surface area contributed by atoms with E-state index in [2.05, 4.69) is 0 Å². The van der Waals surface area contributed by atoms with Gasteiger partial charge in [-0.2, -0.15) is 0 Å². The fourth-order valence-corrected chi connectivity index (χ4v) is 1.48. The van der Waals surface area contributed by atoms with Crippen molar-refractivity contribution in [3.63, 3.8) is 0 Å². The summed E-state index contributed by atoms with van der Waals surface area (Å²) in [5.41, 5.74) is 0.344. The van der Waals surface area contributed by atoms with Crippen molar-refractivity contribution in [2.45, 2.75) is 32.3 Å². The smallest absolute Gasteiger partial charge is 0.306 e. The summed E-state index contributed by atoms with van der Waals surface area (Å²) in [5.74, 6) is -0.447. The molecule has 0 amide bonds. The second kappa shape index (κ2) is 7.25. The summed E-state index contributed by atoms with van der Waals surface area (Å²) in [4.78, 5) is 32.3. The molecule has 0 fully saturated rings. The first-order valence-corrected chi connectivity index (χ1v) is 5.97. The predicted octanol–water partition coefficient (Wildman–Crippen LogP) is 2.57. The second-order valence-corrected chi connectivity index (χ2v) is 4.00. The molecule has 0 spiro atoms. The van der Waals surface area contributed by atoms with Crippen molar-refractivity contribution in [2.75, 3.05) is 0 Å². The molecule has 0 aliphatic rings. The minimum Gasteiger partial charge on any atom is -0.450 e. The number of nitro benzene ring substituents is 1. The van der Waals surface area contributed by atoms with Gasteiger partial charge in [0.05, 0.1) is 4.92 Å². The molecular weight excluding hydrogens is 250 g/mol. The molecule has 1 aromatic carbocycles. The Morgan fingerprint density at radius 2 is 2.05 bits per heavy atom. The van der Waals surface area contributed by atoms with E-state index in [0.29, 0.717) is 18.3 Å². The number of nitrogens with zero attached hydrogens (tertiary/aromatic N) is 1. The lowest BCUT2D eigenvalue weighted by Gasteiger charge is -2.12. The van der Waals surface area contributed by atoms with Gasteiger partial charge in [0.25, 0.3) is 5.69 Å². The van der Waals surface area contributed by atoms with E-state index in [-0.39, 0.29) is 12.1 Å². The monoisotopic (exact) mass is 265 g/mol. The highest BCUT2D eigenvalue weighted by Gasteiger charge is 2.16. The van der Waals surface area contributed by atoms with Crippen LogP contribution in [0.4, 0.5) is 5.69 Å². The molecule has 0 heterocycles. The summed E-state index contributed by atoms with van der Waals surface area (Å²) in [7, 11) is 0. The first kappa shape index (κ1) is 14.8. The van der Waals surface area contributed by atoms with E-state index in [1.165, 1.54) is 24.3 Å². The Balaban J connectivity index is 2.71. The molecule has 0 aliphatic heterocycles. The third-order valence-corrected chi connectivity index (χ3v) is 2.55. The molecule has 1 unspecified atom stereocenters. The molecule has 0 bridgehead atoms. The van der Waals surface area contributed by atoms with Crippen LogP contribution in [0.15, 0.2) is 24.3 Å². The number of esters is 1. The lowest BCUT2D eigenvalue weighted by Crippen LogP contribution is -2.12. The second-order valence-electron chi connectivity index (χ2n) is 4.00. The molecule has 0 aromatic heterocycles. The van der Waals surface area contributed by atoms with Crippen molar-refractivity contribution >= 4 is 17.9 Å². The zero-order valence-electron chi connectivity index (χ0n) is 10.6. The van der Waals surface area contributed by atoms with Gasteiger partial charge in [0.1, 0.15) is 0 Å². The van der Waals surface area contributed by atoms with Crippen LogP contribution in [-0.2, 0) is 14.3 Å². The SMILES string of the molecule is CCCCC(=O)OC(C=O)c1ccc([N+](=O)[O-])cc1. The number of ether oxygens (including phenoxy) is 1. The summed E-state index contributed by atoms with van der Waals surface area (Å²) < 4.78 is 5.01. The number of carbonyl (C=O) groups is 2. The number of rotatable bonds is 7. The van der Waals surface area contributed by atoms with Gasteiger partial charge in [0, 0.05) is 24.1 Å². The van der Waals surface area contributed by atoms with Gasteiger partial charge in [-0.1, -0.05) is 13.3 Å². The maximum atomic E-state index is 11.4. The number of aldehydes is 1. The average Bonchev–Trinajstić information content (AvgIpc) is 2.42. The standard InChI is InChI=1S/C13H15NO5/c1-2-3-4-13(16)19-12(9-15)10-5-7-11(8-6-10)14(17)18/h5-9,12H,2-4H2,1H3. The van der Waals surface area contributed by atoms with Gasteiger partial charge in [-0.05, 0) is 18.6 Å². The van der Waals surface area contributed by atoms with Crippen LogP contribution in [0.2, 0.25) is 0 Å². The maximum Gasteiger partial charge on any atom is 0.306 e. The highest BCUT2D eigenvalue weighted by Crippen LogP contribution is 2.20. The van der Waals surface area contributed by atoms with Gasteiger partial charge in [-0.15, -0.1) is 0 Å². The number of non-ortho nitro benzene ring substituents is 1. The van der Waals surface area contributed by atoms with E-state index in [1.54, 1.807) is 0 Å². The average molecular weight is 265 g/mol. The topological polar surface area (TPSA) is 86.5 Å². The molecule has 0 saturated heterocycles. The summed E-state index contributed by atoms with van der Waals surface area (Å²) in [6, 6.07) is 5.35. The van der Waals surface area contributed by atoms with E-state index in [0.717, 1.165) is 6.42 Å². The van der Waals surface area contributed by atoms with E-state index >= 15 is 0 Å². The fourth-order valence-electron chi connectivity index (χ4n) is 1.48. The minimum atomic E-state index is -1.01. The van der Waals surface area contributed by atoms with E-state index in [1.807, 2.05) is 6.92 Å². The van der Waals surface area contributed by atoms with E-state index < -0.39 is 17.0 Å². The fraction of sp³-hybridized carbons (Fsp3) is 0.385. The van der Waals surface area contributed by atoms with Crippen molar-refractivity contribution in [3.8, 4) is 0 Å². The van der Waals surface area contributed by atoms with Gasteiger partial charge in [-0.3, -0.25) is 19.7 Å². The predicted molar refractivity (Wildman–Crippen MR) is 67.5 cm³/mol. The van der Waals surface area contributed by atoms with Crippen molar-refractivity contribution in [3.05, 3.63) is 39.9 Å². The van der Waals surface area contributed by atoms with Gasteiger partial charge in [-0.25, -0.2) is 0 Å². The van der Waals surface area contributed by atoms with Crippen molar-refractivity contribution < 1.29 is 19.2 Å². The Kier molecular flexibility index (Phi) is 5.66. The van der Waals surface area contributed by atoms with Crippen LogP contribution in [0.25, 0.3) is 0 Å². The zero-order chi connectivity index (χ0) is 14.3. The number of benzene rings is 1. The number of carbonyl (C=O) groups excluding carboxylic acids is 2.